The molecule has 0 radical (unpaired) electrons. The predicted octanol–water partition coefficient (Wildman–Crippen LogP) is 38.4. The molecule has 26 aromatic rings. The van der Waals surface area contributed by atoms with Gasteiger partial charge in [-0.3, -0.25) is 0 Å². The summed E-state index contributed by atoms with van der Waals surface area (Å²) >= 11 is 5.89. The van der Waals surface area contributed by atoms with Crippen LogP contribution in [0.2, 0.25) is 0 Å². The SMILES string of the molecule is c1ccc(-c2ccc(N(c3ccc4c(c3)-c3c(sc5ccccc35)C43c4ccccc4-c4ccccc43)c3cccc4ccccc34)cc2)cc1.c1ccc(N(c2ccc3c(c2)C2(c4ccccc4-c4ccccc42)c2sc4ccccc4c2-3)c2cccc3ccccc23)cc1.c1ccc2c(c1)-c1ccccc1C21c2cc(N(c3ccc4ccccc4c3)c3ccc4ccccc4c3)ccc2-c2c1sc1ccccc21. The van der Waals surface area contributed by atoms with Crippen molar-refractivity contribution in [1.82, 2.24) is 0 Å². The van der Waals surface area contributed by atoms with Crippen LogP contribution in [-0.2, 0) is 16.2 Å². The standard InChI is InChI=1S/C49H31NS.C47H29NS.C43H27NS/c1-2-13-32(14-3-1)33-25-27-35(28-26-33)50(45-23-12-16-34-15-4-5-17-37(34)45)36-29-30-44-41(31-36)47-40-20-8-11-24-46(40)51-48(47)49(44)42-21-9-6-18-38(42)39-19-7-10-22-43(39)49;1-3-13-32-27-34(23-21-30(32)11-1)48(35-24-22-31-12-2-4-14-33(31)28-35)36-25-26-39-43(29-36)47(46-45(39)40-17-7-10-20-44(40)49-46)41-18-8-5-15-37(41)38-16-6-9-19-42(38)47;1-2-15-29(16-3-1)44(39-23-12-14-28-13-4-5-17-31(28)39)30-25-26-34-38(27-30)43(42-41(34)35-20-8-11-24-40(35)45-42)36-21-9-6-18-32(36)33-19-7-10-22-37(33)43/h1-31H;1-29H;1-27H. The average Bonchev–Trinajstić information content (AvgIpc) is 1.51. The van der Waals surface area contributed by atoms with E-state index in [1.165, 1.54) is 227 Å². The Kier molecular flexibility index (Phi) is 18.8. The van der Waals surface area contributed by atoms with Crippen LogP contribution in [0.3, 0.4) is 0 Å². The van der Waals surface area contributed by atoms with Crippen molar-refractivity contribution in [3.8, 4) is 77.9 Å². The van der Waals surface area contributed by atoms with Crippen molar-refractivity contribution in [2.75, 3.05) is 14.7 Å². The number of benzene rings is 23. The summed E-state index contributed by atoms with van der Waals surface area (Å²) in [4.78, 5) is 11.6. The van der Waals surface area contributed by atoms with E-state index in [4.69, 9.17) is 0 Å². The van der Waals surface area contributed by atoms with Gasteiger partial charge in [-0.05, 0) is 259 Å². The molecule has 0 N–H and O–H groups in total. The van der Waals surface area contributed by atoms with Crippen LogP contribution in [0.4, 0.5) is 51.2 Å². The summed E-state index contributed by atoms with van der Waals surface area (Å²) in [7, 11) is 0. The molecular weight excluding hydrogens is 1810 g/mol. The molecule has 0 amide bonds. The Hall–Kier alpha value is -17.6. The number of thiophene rings is 3. The summed E-state index contributed by atoms with van der Waals surface area (Å²) in [6.45, 7) is 0. The number of hydrogen-bond donors (Lipinski definition) is 0. The van der Waals surface area contributed by atoms with Gasteiger partial charge in [0.15, 0.2) is 0 Å². The Morgan fingerprint density at radius 2 is 0.421 bits per heavy atom. The molecule has 0 unspecified atom stereocenters. The molecule has 32 rings (SSSR count). The Labute approximate surface area is 853 Å². The van der Waals surface area contributed by atoms with Crippen molar-refractivity contribution in [3.05, 3.63) is 592 Å². The largest absolute Gasteiger partial charge is 0.310 e. The summed E-state index contributed by atoms with van der Waals surface area (Å²) in [6, 6.07) is 195. The number of hydrogen-bond acceptors (Lipinski definition) is 6. The van der Waals surface area contributed by atoms with Crippen LogP contribution in [0.5, 0.6) is 0 Å². The third-order valence-corrected chi connectivity index (χ3v) is 35.6. The minimum Gasteiger partial charge on any atom is -0.310 e. The molecule has 6 aliphatic carbocycles. The van der Waals surface area contributed by atoms with Crippen molar-refractivity contribution in [1.29, 1.82) is 0 Å². The lowest BCUT2D eigenvalue weighted by atomic mass is 9.73. The zero-order chi connectivity index (χ0) is 95.2. The van der Waals surface area contributed by atoms with Crippen molar-refractivity contribution in [3.63, 3.8) is 0 Å². The van der Waals surface area contributed by atoms with E-state index in [9.17, 15) is 0 Å². The van der Waals surface area contributed by atoms with Gasteiger partial charge in [-0.2, -0.15) is 0 Å². The van der Waals surface area contributed by atoms with Gasteiger partial charge in [0.1, 0.15) is 0 Å². The lowest BCUT2D eigenvalue weighted by Gasteiger charge is -2.32. The summed E-state index contributed by atoms with van der Waals surface area (Å²) in [5, 5.41) is 13.9. The molecule has 676 valence electrons. The van der Waals surface area contributed by atoms with Crippen LogP contribution in [0.25, 0.3) is 151 Å². The maximum Gasteiger partial charge on any atom is 0.0820 e. The summed E-state index contributed by atoms with van der Waals surface area (Å²) < 4.78 is 4.03. The zero-order valence-corrected chi connectivity index (χ0v) is 81.2. The van der Waals surface area contributed by atoms with E-state index in [1.807, 2.05) is 34.0 Å². The van der Waals surface area contributed by atoms with Crippen LogP contribution in [0.1, 0.15) is 64.7 Å². The first-order valence-corrected chi connectivity index (χ1v) is 52.5. The number of fused-ring (bicyclic) bond motifs is 40. The number of rotatable bonds is 10. The zero-order valence-electron chi connectivity index (χ0n) is 78.8. The molecule has 0 saturated heterocycles. The number of nitrogens with zero attached hydrogens (tertiary/aromatic N) is 3. The molecule has 6 heteroatoms. The number of para-hydroxylation sites is 1. The van der Waals surface area contributed by atoms with Crippen LogP contribution in [-0.4, -0.2) is 0 Å². The van der Waals surface area contributed by atoms with Gasteiger partial charge in [0, 0.05) is 112 Å². The van der Waals surface area contributed by atoms with Gasteiger partial charge < -0.3 is 14.7 Å². The Bertz CT molecular complexity index is 9620. The Balaban J connectivity index is 0.000000101. The van der Waals surface area contributed by atoms with Crippen molar-refractivity contribution in [2.45, 2.75) is 16.2 Å². The molecule has 3 heterocycles. The van der Waals surface area contributed by atoms with Gasteiger partial charge in [-0.25, -0.2) is 0 Å². The second kappa shape index (κ2) is 32.7. The molecule has 23 aromatic carbocycles. The van der Waals surface area contributed by atoms with E-state index in [2.05, 4.69) is 542 Å². The second-order valence-corrected chi connectivity index (χ2v) is 42.1. The lowest BCUT2D eigenvalue weighted by Crippen LogP contribution is -2.25. The molecule has 145 heavy (non-hydrogen) atoms. The van der Waals surface area contributed by atoms with E-state index in [1.54, 1.807) is 0 Å². The summed E-state index contributed by atoms with van der Waals surface area (Å²) in [5.41, 5.74) is 40.2. The van der Waals surface area contributed by atoms with E-state index in [0.29, 0.717) is 0 Å². The molecule has 0 bridgehead atoms. The molecule has 0 aliphatic heterocycles. The highest BCUT2D eigenvalue weighted by molar-refractivity contribution is 7.21. The van der Waals surface area contributed by atoms with Gasteiger partial charge in [-0.15, -0.1) is 34.0 Å². The maximum atomic E-state index is 2.50. The smallest absolute Gasteiger partial charge is 0.0820 e. The topological polar surface area (TPSA) is 9.72 Å². The van der Waals surface area contributed by atoms with Gasteiger partial charge in [-0.1, -0.05) is 413 Å². The van der Waals surface area contributed by atoms with Crippen LogP contribution in [0, 0.1) is 0 Å². The fourth-order valence-electron chi connectivity index (χ4n) is 25.8. The molecule has 0 saturated carbocycles. The van der Waals surface area contributed by atoms with Crippen LogP contribution >= 0.6 is 34.0 Å². The monoisotopic (exact) mass is 1890 g/mol. The molecule has 3 aromatic heterocycles. The quantitative estimate of drug-likeness (QED) is 0.135. The van der Waals surface area contributed by atoms with Gasteiger partial charge >= 0.3 is 0 Å². The molecule has 3 spiro atoms. The lowest BCUT2D eigenvalue weighted by molar-refractivity contribution is 0.811. The van der Waals surface area contributed by atoms with E-state index < -0.39 is 5.41 Å². The minimum atomic E-state index is -0.393. The van der Waals surface area contributed by atoms with Gasteiger partial charge in [0.2, 0.25) is 0 Å². The Morgan fingerprint density at radius 1 is 0.145 bits per heavy atom. The van der Waals surface area contributed by atoms with Crippen molar-refractivity contribution < 1.29 is 0 Å². The molecule has 0 atom stereocenters. The first-order chi connectivity index (χ1) is 71.9. The number of anilines is 9. The van der Waals surface area contributed by atoms with Crippen LogP contribution in [0.15, 0.2) is 528 Å². The summed E-state index contributed by atoms with van der Waals surface area (Å²) in [6.07, 6.45) is 0. The minimum absolute atomic E-state index is 0.359. The maximum absolute atomic E-state index is 2.50. The van der Waals surface area contributed by atoms with Crippen molar-refractivity contribution in [2.24, 2.45) is 0 Å². The first kappa shape index (κ1) is 83.2. The summed E-state index contributed by atoms with van der Waals surface area (Å²) in [5.74, 6) is 0. The molecule has 3 nitrogen and oxygen atoms in total. The third kappa shape index (κ3) is 12.2. The van der Waals surface area contributed by atoms with Crippen LogP contribution < -0.4 is 14.7 Å². The van der Waals surface area contributed by atoms with Gasteiger partial charge in [0.25, 0.3) is 0 Å². The predicted molar refractivity (Wildman–Crippen MR) is 614 cm³/mol. The first-order valence-electron chi connectivity index (χ1n) is 50.1. The molecule has 0 fully saturated rings. The fraction of sp³-hybridized carbons (Fsp3) is 0.0216. The Morgan fingerprint density at radius 3 is 0.841 bits per heavy atom. The van der Waals surface area contributed by atoms with Crippen molar-refractivity contribution >= 4 is 159 Å². The normalized spacial score (nSPS) is 13.4. The highest BCUT2D eigenvalue weighted by Gasteiger charge is 2.57. The average molecular weight is 1900 g/mol. The van der Waals surface area contributed by atoms with E-state index in [-0.39, 0.29) is 10.8 Å². The highest BCUT2D eigenvalue weighted by atomic mass is 32.1. The fourth-order valence-corrected chi connectivity index (χ4v) is 30.1. The molecule has 6 aliphatic rings. The third-order valence-electron chi connectivity index (χ3n) is 31.7. The van der Waals surface area contributed by atoms with Gasteiger partial charge in [0.05, 0.1) is 27.6 Å². The van der Waals surface area contributed by atoms with E-state index in [0.717, 1.165) is 39.8 Å². The molecular formula is C139H87N3S3. The van der Waals surface area contributed by atoms with E-state index >= 15 is 0 Å². The second-order valence-electron chi connectivity index (χ2n) is 38.9. The highest BCUT2D eigenvalue weighted by Crippen LogP contribution is 2.71.